The van der Waals surface area contributed by atoms with Crippen LogP contribution in [0.5, 0.6) is 0 Å². The Kier molecular flexibility index (Phi) is 4.65. The van der Waals surface area contributed by atoms with E-state index >= 15 is 0 Å². The Morgan fingerprint density at radius 2 is 1.78 bits per heavy atom. The zero-order chi connectivity index (χ0) is 18.6. The fraction of sp³-hybridized carbons (Fsp3) is 0.200. The Hall–Kier alpha value is -3.48. The standard InChI is InChI=1S/C20H19N5O2/c26-17-13-22-20(27)25(17)12-6-11-21-19-23-16-10-5-4-9-15(16)18(24-19)14-7-2-1-3-8-14/h1-5,7-10H,6,11-13H2,(H,22,27)(H,21,23,24). The van der Waals surface area contributed by atoms with Crippen LogP contribution in [-0.2, 0) is 4.79 Å². The first-order valence-corrected chi connectivity index (χ1v) is 8.86. The van der Waals surface area contributed by atoms with Gasteiger partial charge in [-0.25, -0.2) is 14.8 Å². The van der Waals surface area contributed by atoms with Crippen LogP contribution in [0.15, 0.2) is 54.6 Å². The second-order valence-corrected chi connectivity index (χ2v) is 6.26. The van der Waals surface area contributed by atoms with Crippen molar-refractivity contribution in [2.75, 3.05) is 25.0 Å². The molecule has 136 valence electrons. The highest BCUT2D eigenvalue weighted by molar-refractivity contribution is 6.01. The van der Waals surface area contributed by atoms with Crippen LogP contribution in [0.25, 0.3) is 22.2 Å². The van der Waals surface area contributed by atoms with E-state index < -0.39 is 0 Å². The van der Waals surface area contributed by atoms with Crippen molar-refractivity contribution in [3.63, 3.8) is 0 Å². The Bertz CT molecular complexity index is 974. The number of hydrogen-bond donors (Lipinski definition) is 2. The maximum atomic E-state index is 11.6. The third kappa shape index (κ3) is 3.57. The molecule has 1 aliphatic rings. The summed E-state index contributed by atoms with van der Waals surface area (Å²) in [5.74, 6) is 0.345. The molecule has 0 saturated carbocycles. The molecule has 3 amide bonds. The summed E-state index contributed by atoms with van der Waals surface area (Å²) in [5, 5.41) is 6.72. The van der Waals surface area contributed by atoms with E-state index in [-0.39, 0.29) is 18.5 Å². The van der Waals surface area contributed by atoms with Crippen LogP contribution in [0.1, 0.15) is 6.42 Å². The summed E-state index contributed by atoms with van der Waals surface area (Å²) in [7, 11) is 0. The molecule has 2 aromatic carbocycles. The molecule has 0 radical (unpaired) electrons. The van der Waals surface area contributed by atoms with Crippen molar-refractivity contribution < 1.29 is 9.59 Å². The first kappa shape index (κ1) is 17.0. The SMILES string of the molecule is O=C1CNC(=O)N1CCCNc1nc(-c2ccccc2)c2ccccc2n1. The first-order valence-electron chi connectivity index (χ1n) is 8.86. The summed E-state index contributed by atoms with van der Waals surface area (Å²) >= 11 is 0. The van der Waals surface area contributed by atoms with Gasteiger partial charge >= 0.3 is 6.03 Å². The monoisotopic (exact) mass is 361 g/mol. The number of carbonyl (C=O) groups excluding carboxylic acids is 2. The first-order chi connectivity index (χ1) is 13.2. The van der Waals surface area contributed by atoms with E-state index in [1.165, 1.54) is 4.90 Å². The van der Waals surface area contributed by atoms with Crippen molar-refractivity contribution in [1.29, 1.82) is 0 Å². The van der Waals surface area contributed by atoms with Gasteiger partial charge in [0.2, 0.25) is 11.9 Å². The van der Waals surface area contributed by atoms with Gasteiger partial charge in [0.1, 0.15) is 0 Å². The molecule has 7 heteroatoms. The molecule has 0 unspecified atom stereocenters. The molecule has 1 aliphatic heterocycles. The van der Waals surface area contributed by atoms with Crippen molar-refractivity contribution in [1.82, 2.24) is 20.2 Å². The third-order valence-electron chi connectivity index (χ3n) is 4.43. The number of imide groups is 1. The lowest BCUT2D eigenvalue weighted by atomic mass is 10.1. The molecule has 4 rings (SSSR count). The number of amides is 3. The molecule has 0 bridgehead atoms. The Labute approximate surface area is 156 Å². The number of hydrogen-bond acceptors (Lipinski definition) is 5. The molecule has 27 heavy (non-hydrogen) atoms. The van der Waals surface area contributed by atoms with Crippen molar-refractivity contribution in [3.05, 3.63) is 54.6 Å². The molecule has 1 saturated heterocycles. The highest BCUT2D eigenvalue weighted by Gasteiger charge is 2.27. The van der Waals surface area contributed by atoms with E-state index in [2.05, 4.69) is 20.6 Å². The van der Waals surface area contributed by atoms with Crippen molar-refractivity contribution in [2.24, 2.45) is 0 Å². The van der Waals surface area contributed by atoms with Crippen LogP contribution >= 0.6 is 0 Å². The topological polar surface area (TPSA) is 87.2 Å². The van der Waals surface area contributed by atoms with Crippen molar-refractivity contribution >= 4 is 28.8 Å². The fourth-order valence-corrected chi connectivity index (χ4v) is 3.09. The van der Waals surface area contributed by atoms with Crippen LogP contribution in [0.3, 0.4) is 0 Å². The van der Waals surface area contributed by atoms with Crippen LogP contribution in [0, 0.1) is 0 Å². The molecule has 0 atom stereocenters. The second kappa shape index (κ2) is 7.41. The number of benzene rings is 2. The number of carbonyl (C=O) groups is 2. The minimum absolute atomic E-state index is 0.0838. The highest BCUT2D eigenvalue weighted by atomic mass is 16.2. The largest absolute Gasteiger partial charge is 0.354 e. The van der Waals surface area contributed by atoms with E-state index in [1.807, 2.05) is 54.6 Å². The number of urea groups is 1. The van der Waals surface area contributed by atoms with Gasteiger partial charge in [0.15, 0.2) is 0 Å². The second-order valence-electron chi connectivity index (χ2n) is 6.26. The maximum absolute atomic E-state index is 11.6. The van der Waals surface area contributed by atoms with E-state index in [9.17, 15) is 9.59 Å². The molecule has 3 aromatic rings. The van der Waals surface area contributed by atoms with Gasteiger partial charge in [-0.15, -0.1) is 0 Å². The van der Waals surface area contributed by atoms with E-state index in [1.54, 1.807) is 0 Å². The van der Waals surface area contributed by atoms with Gasteiger partial charge in [0.05, 0.1) is 17.8 Å². The smallest absolute Gasteiger partial charge is 0.324 e. The lowest BCUT2D eigenvalue weighted by Crippen LogP contribution is -2.32. The predicted molar refractivity (Wildman–Crippen MR) is 103 cm³/mol. The van der Waals surface area contributed by atoms with Gasteiger partial charge in [0.25, 0.3) is 0 Å². The minimum atomic E-state index is -0.326. The third-order valence-corrected chi connectivity index (χ3v) is 4.43. The molecule has 1 fully saturated rings. The normalized spacial score (nSPS) is 13.9. The van der Waals surface area contributed by atoms with Gasteiger partial charge in [-0.05, 0) is 12.5 Å². The molecule has 0 spiro atoms. The van der Waals surface area contributed by atoms with Crippen molar-refractivity contribution in [3.8, 4) is 11.3 Å². The summed E-state index contributed by atoms with van der Waals surface area (Å²) < 4.78 is 0. The average Bonchev–Trinajstić information content (AvgIpc) is 3.03. The van der Waals surface area contributed by atoms with Gasteiger partial charge in [0, 0.05) is 24.0 Å². The summed E-state index contributed by atoms with van der Waals surface area (Å²) in [6.07, 6.45) is 0.621. The van der Waals surface area contributed by atoms with Gasteiger partial charge in [-0.1, -0.05) is 48.5 Å². The number of anilines is 1. The predicted octanol–water partition coefficient (Wildman–Crippen LogP) is 2.65. The van der Waals surface area contributed by atoms with Gasteiger partial charge in [-0.3, -0.25) is 9.69 Å². The number of nitrogens with one attached hydrogen (secondary N) is 2. The molecule has 0 aliphatic carbocycles. The van der Waals surface area contributed by atoms with Crippen molar-refractivity contribution in [2.45, 2.75) is 6.42 Å². The van der Waals surface area contributed by atoms with Gasteiger partial charge < -0.3 is 10.6 Å². The summed E-state index contributed by atoms with van der Waals surface area (Å²) in [5.41, 5.74) is 2.76. The number of para-hydroxylation sites is 1. The number of aromatic nitrogens is 2. The molecular formula is C20H19N5O2. The van der Waals surface area contributed by atoms with Crippen LogP contribution in [0.2, 0.25) is 0 Å². The zero-order valence-electron chi connectivity index (χ0n) is 14.7. The fourth-order valence-electron chi connectivity index (χ4n) is 3.09. The van der Waals surface area contributed by atoms with E-state index in [0.29, 0.717) is 25.5 Å². The maximum Gasteiger partial charge on any atom is 0.324 e. The number of nitrogens with zero attached hydrogens (tertiary/aromatic N) is 3. The van der Waals surface area contributed by atoms with Gasteiger partial charge in [-0.2, -0.15) is 0 Å². The summed E-state index contributed by atoms with van der Waals surface area (Å²) in [6.45, 7) is 1.01. The van der Waals surface area contributed by atoms with Crippen LogP contribution in [-0.4, -0.2) is 46.4 Å². The lowest BCUT2D eigenvalue weighted by molar-refractivity contribution is -0.124. The number of rotatable bonds is 6. The minimum Gasteiger partial charge on any atom is -0.354 e. The molecule has 1 aromatic heterocycles. The van der Waals surface area contributed by atoms with Crippen LogP contribution < -0.4 is 10.6 Å². The summed E-state index contributed by atoms with van der Waals surface area (Å²) in [6, 6.07) is 17.6. The zero-order valence-corrected chi connectivity index (χ0v) is 14.7. The molecule has 2 heterocycles. The highest BCUT2D eigenvalue weighted by Crippen LogP contribution is 2.26. The van der Waals surface area contributed by atoms with Crippen LogP contribution in [0.4, 0.5) is 10.7 Å². The molecule has 2 N–H and O–H groups in total. The number of fused-ring (bicyclic) bond motifs is 1. The Morgan fingerprint density at radius 3 is 2.56 bits per heavy atom. The molecular weight excluding hydrogens is 342 g/mol. The molecule has 7 nitrogen and oxygen atoms in total. The Morgan fingerprint density at radius 1 is 1.00 bits per heavy atom. The quantitative estimate of drug-likeness (QED) is 0.521. The van der Waals surface area contributed by atoms with E-state index in [4.69, 9.17) is 0 Å². The average molecular weight is 361 g/mol. The van der Waals surface area contributed by atoms with E-state index in [0.717, 1.165) is 22.2 Å². The summed E-state index contributed by atoms with van der Waals surface area (Å²) in [4.78, 5) is 33.6. The lowest BCUT2D eigenvalue weighted by Gasteiger charge is -2.13. The Balaban J connectivity index is 1.51.